The predicted molar refractivity (Wildman–Crippen MR) is 66.1 cm³/mol. The van der Waals surface area contributed by atoms with Gasteiger partial charge in [-0.25, -0.2) is 8.78 Å². The highest BCUT2D eigenvalue weighted by Crippen LogP contribution is 2.29. The fraction of sp³-hybridized carbons (Fsp3) is 0.455. The molecule has 4 nitrogen and oxygen atoms in total. The van der Waals surface area contributed by atoms with Crippen LogP contribution in [0.5, 0.6) is 5.75 Å². The molecule has 1 aromatic rings. The zero-order valence-corrected chi connectivity index (χ0v) is 11.2. The molecule has 1 rings (SSSR count). The molecule has 7 heteroatoms. The lowest BCUT2D eigenvalue weighted by Gasteiger charge is -2.11. The molecule has 0 fully saturated rings. The van der Waals surface area contributed by atoms with E-state index >= 15 is 0 Å². The maximum atomic E-state index is 12.5. The van der Waals surface area contributed by atoms with Crippen LogP contribution in [0.25, 0.3) is 0 Å². The number of halogens is 3. The molecule has 100 valence electrons. The van der Waals surface area contributed by atoms with Gasteiger partial charge in [-0.15, -0.1) is 0 Å². The number of nitrogens with zero attached hydrogens (tertiary/aromatic N) is 1. The van der Waals surface area contributed by atoms with E-state index in [1.54, 1.807) is 0 Å². The molecule has 0 heterocycles. The van der Waals surface area contributed by atoms with Gasteiger partial charge in [0.15, 0.2) is 0 Å². The Balaban J connectivity index is 2.56. The van der Waals surface area contributed by atoms with Gasteiger partial charge in [0.25, 0.3) is 5.69 Å². The number of nitro groups is 1. The number of hydrogen-bond donors (Lipinski definition) is 0. The third kappa shape index (κ3) is 4.95. The predicted octanol–water partition coefficient (Wildman–Crippen LogP) is 4.17. The molecule has 0 N–H and O–H groups in total. The van der Waals surface area contributed by atoms with E-state index in [2.05, 4.69) is 15.9 Å². The van der Waals surface area contributed by atoms with E-state index in [0.717, 1.165) is 6.92 Å². The van der Waals surface area contributed by atoms with Crippen LogP contribution in [0.15, 0.2) is 22.7 Å². The second-order valence-corrected chi connectivity index (χ2v) is 4.75. The van der Waals surface area contributed by atoms with Gasteiger partial charge in [-0.2, -0.15) is 0 Å². The summed E-state index contributed by atoms with van der Waals surface area (Å²) in [6.07, 6.45) is -0.0990. The van der Waals surface area contributed by atoms with Crippen LogP contribution in [0, 0.1) is 10.1 Å². The molecule has 0 aliphatic rings. The van der Waals surface area contributed by atoms with Crippen LogP contribution in [-0.4, -0.2) is 17.5 Å². The number of nitro benzene ring substituents is 1. The van der Waals surface area contributed by atoms with Crippen LogP contribution in [0.1, 0.15) is 19.8 Å². The zero-order valence-electron chi connectivity index (χ0n) is 9.66. The summed E-state index contributed by atoms with van der Waals surface area (Å²) in [5.41, 5.74) is -0.103. The molecule has 0 aliphatic heterocycles. The Kier molecular flexibility index (Phi) is 5.01. The van der Waals surface area contributed by atoms with Gasteiger partial charge in [0.1, 0.15) is 5.75 Å². The summed E-state index contributed by atoms with van der Waals surface area (Å²) in [7, 11) is 0. The minimum Gasteiger partial charge on any atom is -0.492 e. The molecule has 0 saturated carbocycles. The van der Waals surface area contributed by atoms with Crippen molar-refractivity contribution >= 4 is 21.6 Å². The topological polar surface area (TPSA) is 52.4 Å². The molecule has 0 amide bonds. The highest BCUT2D eigenvalue weighted by molar-refractivity contribution is 9.10. The lowest BCUT2D eigenvalue weighted by Crippen LogP contribution is -2.11. The first-order valence-corrected chi connectivity index (χ1v) is 6.03. The molecular formula is C11H12BrF2NO3. The van der Waals surface area contributed by atoms with E-state index in [1.165, 1.54) is 18.2 Å². The second kappa shape index (κ2) is 6.08. The summed E-state index contributed by atoms with van der Waals surface area (Å²) in [6, 6.07) is 4.08. The van der Waals surface area contributed by atoms with Gasteiger partial charge in [0, 0.05) is 12.5 Å². The quantitative estimate of drug-likeness (QED) is 0.448. The van der Waals surface area contributed by atoms with E-state index in [0.29, 0.717) is 4.47 Å². The Morgan fingerprint density at radius 3 is 2.72 bits per heavy atom. The van der Waals surface area contributed by atoms with Gasteiger partial charge in [0.05, 0.1) is 22.1 Å². The van der Waals surface area contributed by atoms with Gasteiger partial charge in [0.2, 0.25) is 5.92 Å². The first-order chi connectivity index (χ1) is 8.29. The van der Waals surface area contributed by atoms with Crippen LogP contribution >= 0.6 is 15.9 Å². The lowest BCUT2D eigenvalue weighted by molar-refractivity contribution is -0.385. The molecule has 0 bridgehead atoms. The number of rotatable bonds is 6. The molecule has 0 aromatic heterocycles. The Bertz CT molecular complexity index is 435. The number of hydrogen-bond acceptors (Lipinski definition) is 3. The van der Waals surface area contributed by atoms with E-state index in [9.17, 15) is 18.9 Å². The maximum absolute atomic E-state index is 12.5. The van der Waals surface area contributed by atoms with Crippen molar-refractivity contribution in [3.05, 3.63) is 32.8 Å². The average molecular weight is 324 g/mol. The number of non-ortho nitro benzene ring substituents is 1. The van der Waals surface area contributed by atoms with Gasteiger partial charge < -0.3 is 4.74 Å². The molecule has 0 saturated heterocycles. The van der Waals surface area contributed by atoms with Crippen molar-refractivity contribution in [3.63, 3.8) is 0 Å². The van der Waals surface area contributed by atoms with Crippen molar-refractivity contribution in [2.45, 2.75) is 25.7 Å². The lowest BCUT2D eigenvalue weighted by atomic mass is 10.2. The highest BCUT2D eigenvalue weighted by atomic mass is 79.9. The zero-order chi connectivity index (χ0) is 13.8. The van der Waals surface area contributed by atoms with Crippen molar-refractivity contribution in [1.29, 1.82) is 0 Å². The summed E-state index contributed by atoms with van der Waals surface area (Å²) in [5.74, 6) is -2.44. The molecule has 18 heavy (non-hydrogen) atoms. The van der Waals surface area contributed by atoms with E-state index in [-0.39, 0.29) is 30.9 Å². The Morgan fingerprint density at radius 2 is 2.17 bits per heavy atom. The average Bonchev–Trinajstić information content (AvgIpc) is 2.24. The van der Waals surface area contributed by atoms with Gasteiger partial charge in [-0.05, 0) is 35.3 Å². The smallest absolute Gasteiger partial charge is 0.273 e. The van der Waals surface area contributed by atoms with Crippen LogP contribution in [0.3, 0.4) is 0 Å². The molecule has 0 atom stereocenters. The molecule has 1 aromatic carbocycles. The summed E-state index contributed by atoms with van der Waals surface area (Å²) >= 11 is 3.18. The molecule has 0 aliphatic carbocycles. The maximum Gasteiger partial charge on any atom is 0.273 e. The summed E-state index contributed by atoms with van der Waals surface area (Å²) in [4.78, 5) is 10.0. The van der Waals surface area contributed by atoms with Crippen LogP contribution in [0.4, 0.5) is 14.5 Å². The monoisotopic (exact) mass is 323 g/mol. The first kappa shape index (κ1) is 14.8. The summed E-state index contributed by atoms with van der Waals surface area (Å²) < 4.78 is 30.9. The van der Waals surface area contributed by atoms with Crippen molar-refractivity contribution in [2.75, 3.05) is 6.61 Å². The van der Waals surface area contributed by atoms with Crippen molar-refractivity contribution < 1.29 is 18.4 Å². The third-order valence-corrected chi connectivity index (χ3v) is 2.80. The fourth-order valence-corrected chi connectivity index (χ4v) is 1.64. The second-order valence-electron chi connectivity index (χ2n) is 3.89. The van der Waals surface area contributed by atoms with E-state index in [4.69, 9.17) is 4.74 Å². The van der Waals surface area contributed by atoms with E-state index in [1.807, 2.05) is 0 Å². The van der Waals surface area contributed by atoms with Crippen LogP contribution in [-0.2, 0) is 0 Å². The van der Waals surface area contributed by atoms with Gasteiger partial charge in [-0.3, -0.25) is 10.1 Å². The molecule has 0 radical (unpaired) electrons. The summed E-state index contributed by atoms with van der Waals surface area (Å²) in [5, 5.41) is 10.6. The Morgan fingerprint density at radius 1 is 1.50 bits per heavy atom. The first-order valence-electron chi connectivity index (χ1n) is 5.24. The number of ether oxygens (including phenoxy) is 1. The third-order valence-electron chi connectivity index (χ3n) is 2.14. The molecular weight excluding hydrogens is 312 g/mol. The molecule has 0 unspecified atom stereocenters. The van der Waals surface area contributed by atoms with Crippen molar-refractivity contribution in [1.82, 2.24) is 0 Å². The Labute approximate surface area is 111 Å². The van der Waals surface area contributed by atoms with Crippen LogP contribution < -0.4 is 4.74 Å². The standard InChI is InChI=1S/C11H12BrF2NO3/c1-11(13,14)5-2-6-18-10-7-8(15(16)17)3-4-9(10)12/h3-4,7H,2,5-6H2,1H3. The minimum absolute atomic E-state index is 0.0865. The SMILES string of the molecule is CC(F)(F)CCCOc1cc([N+](=O)[O-])ccc1Br. The Hall–Kier alpha value is -1.24. The van der Waals surface area contributed by atoms with Crippen molar-refractivity contribution in [2.24, 2.45) is 0 Å². The van der Waals surface area contributed by atoms with Crippen molar-refractivity contribution in [3.8, 4) is 5.75 Å². The summed E-state index contributed by atoms with van der Waals surface area (Å²) in [6.45, 7) is 0.930. The normalized spacial score (nSPS) is 11.3. The number of alkyl halides is 2. The van der Waals surface area contributed by atoms with Crippen LogP contribution in [0.2, 0.25) is 0 Å². The minimum atomic E-state index is -2.72. The largest absolute Gasteiger partial charge is 0.492 e. The van der Waals surface area contributed by atoms with Gasteiger partial charge in [-0.1, -0.05) is 0 Å². The van der Waals surface area contributed by atoms with Gasteiger partial charge >= 0.3 is 0 Å². The highest BCUT2D eigenvalue weighted by Gasteiger charge is 2.20. The number of benzene rings is 1. The molecule has 0 spiro atoms. The fourth-order valence-electron chi connectivity index (χ4n) is 1.28. The van der Waals surface area contributed by atoms with E-state index < -0.39 is 10.8 Å².